The van der Waals surface area contributed by atoms with Gasteiger partial charge in [0.2, 0.25) is 0 Å². The first-order chi connectivity index (χ1) is 9.90. The molecule has 0 aromatic carbocycles. The van der Waals surface area contributed by atoms with E-state index in [9.17, 15) is 0 Å². The van der Waals surface area contributed by atoms with E-state index < -0.39 is 0 Å². The van der Waals surface area contributed by atoms with Crippen LogP contribution >= 0.6 is 11.3 Å². The zero-order valence-electron chi connectivity index (χ0n) is 11.4. The minimum Gasteiger partial charge on any atom is -0.308 e. The second-order valence-corrected chi connectivity index (χ2v) is 7.35. The van der Waals surface area contributed by atoms with Gasteiger partial charge in [-0.15, -0.1) is 21.5 Å². The lowest BCUT2D eigenvalue weighted by Crippen LogP contribution is -2.35. The molecule has 20 heavy (non-hydrogen) atoms. The maximum atomic E-state index is 4.52. The molecule has 0 radical (unpaired) electrons. The fraction of sp³-hybridized carbons (Fsp3) is 0.600. The van der Waals surface area contributed by atoms with Crippen LogP contribution in [-0.2, 0) is 19.4 Å². The summed E-state index contributed by atoms with van der Waals surface area (Å²) in [5.74, 6) is 3.06. The van der Waals surface area contributed by atoms with Crippen LogP contribution < -0.4 is 5.32 Å². The molecule has 3 heterocycles. The summed E-state index contributed by atoms with van der Waals surface area (Å²) in [7, 11) is 0. The van der Waals surface area contributed by atoms with Crippen LogP contribution in [0.2, 0.25) is 0 Å². The van der Waals surface area contributed by atoms with Crippen molar-refractivity contribution in [3.63, 3.8) is 0 Å². The predicted molar refractivity (Wildman–Crippen MR) is 78.8 cm³/mol. The van der Waals surface area contributed by atoms with E-state index in [0.29, 0.717) is 6.04 Å². The molecule has 5 rings (SSSR count). The molecule has 2 aliphatic carbocycles. The van der Waals surface area contributed by atoms with Gasteiger partial charge in [-0.1, -0.05) is 0 Å². The number of hydrogen-bond acceptors (Lipinski definition) is 4. The molecule has 1 unspecified atom stereocenters. The van der Waals surface area contributed by atoms with E-state index in [0.717, 1.165) is 24.8 Å². The highest BCUT2D eigenvalue weighted by molar-refractivity contribution is 7.15. The minimum absolute atomic E-state index is 0.441. The number of aryl methyl sites for hydroxylation is 2. The number of nitrogens with zero attached hydrogens (tertiary/aromatic N) is 3. The van der Waals surface area contributed by atoms with Crippen molar-refractivity contribution in [1.82, 2.24) is 20.1 Å². The lowest BCUT2D eigenvalue weighted by atomic mass is 10.1. The smallest absolute Gasteiger partial charge is 0.174 e. The van der Waals surface area contributed by atoms with Crippen LogP contribution in [0.15, 0.2) is 6.07 Å². The van der Waals surface area contributed by atoms with Crippen molar-refractivity contribution in [3.05, 3.63) is 22.3 Å². The second-order valence-electron chi connectivity index (χ2n) is 6.22. The molecule has 1 atom stereocenters. The quantitative estimate of drug-likeness (QED) is 0.922. The topological polar surface area (TPSA) is 42.7 Å². The Morgan fingerprint density at radius 1 is 1.25 bits per heavy atom. The number of nitrogens with one attached hydrogen (secondary N) is 1. The van der Waals surface area contributed by atoms with Crippen molar-refractivity contribution in [1.29, 1.82) is 0 Å². The summed E-state index contributed by atoms with van der Waals surface area (Å²) in [4.78, 5) is 2.90. The van der Waals surface area contributed by atoms with Crippen LogP contribution in [0.3, 0.4) is 0 Å². The Labute approximate surface area is 122 Å². The predicted octanol–water partition coefficient (Wildman–Crippen LogP) is 2.55. The van der Waals surface area contributed by atoms with Crippen molar-refractivity contribution in [3.8, 4) is 10.7 Å². The van der Waals surface area contributed by atoms with Crippen molar-refractivity contribution in [2.45, 2.75) is 44.7 Å². The molecule has 1 N–H and O–H groups in total. The largest absolute Gasteiger partial charge is 0.308 e. The molecule has 1 aliphatic heterocycles. The normalized spacial score (nSPS) is 24.7. The van der Waals surface area contributed by atoms with Gasteiger partial charge in [-0.2, -0.15) is 0 Å². The molecule has 104 valence electrons. The molecule has 0 saturated heterocycles. The van der Waals surface area contributed by atoms with Crippen molar-refractivity contribution < 1.29 is 0 Å². The van der Waals surface area contributed by atoms with Crippen LogP contribution in [0, 0.1) is 5.92 Å². The second kappa shape index (κ2) is 4.15. The van der Waals surface area contributed by atoms with E-state index in [-0.39, 0.29) is 0 Å². The molecule has 2 aromatic heterocycles. The third kappa shape index (κ3) is 1.63. The van der Waals surface area contributed by atoms with Gasteiger partial charge in [0.25, 0.3) is 0 Å². The van der Waals surface area contributed by atoms with E-state index in [1.54, 1.807) is 10.4 Å². The maximum absolute atomic E-state index is 4.52. The van der Waals surface area contributed by atoms with Gasteiger partial charge >= 0.3 is 0 Å². The van der Waals surface area contributed by atoms with Gasteiger partial charge < -0.3 is 9.88 Å². The van der Waals surface area contributed by atoms with Gasteiger partial charge in [-0.05, 0) is 49.7 Å². The van der Waals surface area contributed by atoms with Gasteiger partial charge in [0, 0.05) is 18.0 Å². The van der Waals surface area contributed by atoms with E-state index in [1.165, 1.54) is 42.8 Å². The number of aromatic nitrogens is 3. The molecule has 3 aliphatic rings. The lowest BCUT2D eigenvalue weighted by molar-refractivity contribution is 0.383. The molecule has 0 bridgehead atoms. The van der Waals surface area contributed by atoms with E-state index in [1.807, 2.05) is 11.3 Å². The lowest BCUT2D eigenvalue weighted by Gasteiger charge is -2.24. The number of thiophene rings is 1. The average molecular weight is 286 g/mol. The van der Waals surface area contributed by atoms with E-state index in [4.69, 9.17) is 0 Å². The van der Waals surface area contributed by atoms with Gasteiger partial charge in [0.15, 0.2) is 11.6 Å². The monoisotopic (exact) mass is 286 g/mol. The van der Waals surface area contributed by atoms with Gasteiger partial charge in [0.1, 0.15) is 0 Å². The van der Waals surface area contributed by atoms with Gasteiger partial charge in [-0.3, -0.25) is 0 Å². The maximum Gasteiger partial charge on any atom is 0.174 e. The zero-order valence-corrected chi connectivity index (χ0v) is 12.2. The molecular weight excluding hydrogens is 268 g/mol. The molecule has 1 fully saturated rings. The average Bonchev–Trinajstić information content (AvgIpc) is 2.88. The summed E-state index contributed by atoms with van der Waals surface area (Å²) in [6.07, 6.45) is 6.51. The highest BCUT2D eigenvalue weighted by atomic mass is 32.1. The summed E-state index contributed by atoms with van der Waals surface area (Å²) in [5.41, 5.74) is 1.55. The van der Waals surface area contributed by atoms with Crippen LogP contribution in [-0.4, -0.2) is 21.3 Å². The molecule has 5 heteroatoms. The molecule has 0 spiro atoms. The SMILES string of the molecule is c1c(-c2nnc3n2CCNC3C2CC2)sc2c1CCC2. The first-order valence-electron chi connectivity index (χ1n) is 7.68. The number of hydrogen-bond donors (Lipinski definition) is 1. The van der Waals surface area contributed by atoms with Crippen LogP contribution in [0.4, 0.5) is 0 Å². The first kappa shape index (κ1) is 11.5. The van der Waals surface area contributed by atoms with Gasteiger partial charge in [-0.25, -0.2) is 0 Å². The van der Waals surface area contributed by atoms with Crippen molar-refractivity contribution >= 4 is 11.3 Å². The Kier molecular flexibility index (Phi) is 2.38. The Morgan fingerprint density at radius 2 is 2.20 bits per heavy atom. The molecule has 2 aromatic rings. The van der Waals surface area contributed by atoms with E-state index in [2.05, 4.69) is 26.1 Å². The fourth-order valence-electron chi connectivity index (χ4n) is 3.62. The Bertz CT molecular complexity index is 646. The summed E-state index contributed by atoms with van der Waals surface area (Å²) in [5, 5.41) is 12.7. The van der Waals surface area contributed by atoms with Crippen molar-refractivity contribution in [2.75, 3.05) is 6.54 Å². The first-order valence-corrected chi connectivity index (χ1v) is 8.50. The van der Waals surface area contributed by atoms with Crippen LogP contribution in [0.1, 0.15) is 41.6 Å². The Morgan fingerprint density at radius 3 is 3.05 bits per heavy atom. The summed E-state index contributed by atoms with van der Waals surface area (Å²) >= 11 is 1.93. The molecule has 1 saturated carbocycles. The Balaban J connectivity index is 1.58. The highest BCUT2D eigenvalue weighted by Gasteiger charge is 2.37. The summed E-state index contributed by atoms with van der Waals surface area (Å²) in [6, 6.07) is 2.80. The number of fused-ring (bicyclic) bond motifs is 2. The van der Waals surface area contributed by atoms with E-state index >= 15 is 0 Å². The van der Waals surface area contributed by atoms with Crippen molar-refractivity contribution in [2.24, 2.45) is 5.92 Å². The summed E-state index contributed by atoms with van der Waals surface area (Å²) < 4.78 is 2.36. The highest BCUT2D eigenvalue weighted by Crippen LogP contribution is 2.43. The molecule has 4 nitrogen and oxygen atoms in total. The summed E-state index contributed by atoms with van der Waals surface area (Å²) in [6.45, 7) is 2.05. The zero-order chi connectivity index (χ0) is 13.1. The minimum atomic E-state index is 0.441. The van der Waals surface area contributed by atoms with Crippen LogP contribution in [0.25, 0.3) is 10.7 Å². The Hall–Kier alpha value is -1.20. The molecular formula is C15H18N4S. The fourth-order valence-corrected chi connectivity index (χ4v) is 4.86. The third-order valence-corrected chi connectivity index (χ3v) is 6.05. The van der Waals surface area contributed by atoms with Gasteiger partial charge in [0.05, 0.1) is 10.9 Å². The molecule has 0 amide bonds. The standard InChI is InChI=1S/C15H18N4S/c1-2-10-8-12(20-11(10)3-1)14-17-18-15-13(9-4-5-9)16-6-7-19(14)15/h8-9,13,16H,1-7H2. The third-order valence-electron chi connectivity index (χ3n) is 4.82. The van der Waals surface area contributed by atoms with Crippen LogP contribution in [0.5, 0.6) is 0 Å². The number of rotatable bonds is 2.